The number of nitrogens with zero attached hydrogens (tertiary/aromatic N) is 3. The standard InChI is InChI=1S/C12H20BrN3O2/c1-8-12(13)9(16(3)14-8)6-10(17)11-7-15(2)4-5-18-11/h10-11,17H,4-7H2,1-3H3. The molecule has 5 nitrogen and oxygen atoms in total. The lowest BCUT2D eigenvalue weighted by atomic mass is 10.1. The first-order valence-electron chi connectivity index (χ1n) is 6.15. The molecule has 0 radical (unpaired) electrons. The number of aliphatic hydroxyl groups is 1. The van der Waals surface area contributed by atoms with Gasteiger partial charge in [-0.3, -0.25) is 4.68 Å². The Hall–Kier alpha value is -0.430. The van der Waals surface area contributed by atoms with Crippen LogP contribution in [0.1, 0.15) is 11.4 Å². The number of rotatable bonds is 3. The molecule has 1 aliphatic rings. The van der Waals surface area contributed by atoms with Gasteiger partial charge >= 0.3 is 0 Å². The summed E-state index contributed by atoms with van der Waals surface area (Å²) in [4.78, 5) is 2.18. The maximum Gasteiger partial charge on any atom is 0.0964 e. The Morgan fingerprint density at radius 3 is 2.83 bits per heavy atom. The van der Waals surface area contributed by atoms with Gasteiger partial charge in [-0.05, 0) is 29.9 Å². The molecule has 18 heavy (non-hydrogen) atoms. The summed E-state index contributed by atoms with van der Waals surface area (Å²) in [7, 11) is 3.94. The van der Waals surface area contributed by atoms with Crippen LogP contribution < -0.4 is 0 Å². The minimum absolute atomic E-state index is 0.120. The molecule has 2 rings (SSSR count). The van der Waals surface area contributed by atoms with Crippen molar-refractivity contribution in [1.29, 1.82) is 0 Å². The second-order valence-electron chi connectivity index (χ2n) is 4.91. The van der Waals surface area contributed by atoms with Crippen LogP contribution in [0.15, 0.2) is 4.47 Å². The fourth-order valence-electron chi connectivity index (χ4n) is 2.28. The molecule has 2 heterocycles. The van der Waals surface area contributed by atoms with E-state index in [0.29, 0.717) is 13.0 Å². The highest BCUT2D eigenvalue weighted by atomic mass is 79.9. The van der Waals surface area contributed by atoms with E-state index in [1.54, 1.807) is 0 Å². The number of likely N-dealkylation sites (N-methyl/N-ethyl adjacent to an activating group) is 1. The summed E-state index contributed by atoms with van der Waals surface area (Å²) < 4.78 is 8.43. The summed E-state index contributed by atoms with van der Waals surface area (Å²) in [5, 5.41) is 14.6. The van der Waals surface area contributed by atoms with E-state index in [2.05, 4.69) is 25.9 Å². The summed E-state index contributed by atoms with van der Waals surface area (Å²) in [6.07, 6.45) is -0.0686. The van der Waals surface area contributed by atoms with Crippen LogP contribution in [0.5, 0.6) is 0 Å². The third kappa shape index (κ3) is 2.93. The maximum atomic E-state index is 10.3. The molecule has 2 unspecified atom stereocenters. The van der Waals surface area contributed by atoms with Crippen molar-refractivity contribution >= 4 is 15.9 Å². The van der Waals surface area contributed by atoms with Gasteiger partial charge in [-0.25, -0.2) is 0 Å². The molecule has 0 amide bonds. The van der Waals surface area contributed by atoms with E-state index < -0.39 is 6.10 Å². The molecule has 0 aromatic carbocycles. The normalized spacial score (nSPS) is 23.3. The average molecular weight is 318 g/mol. The molecule has 6 heteroatoms. The summed E-state index contributed by atoms with van der Waals surface area (Å²) in [6.45, 7) is 4.34. The molecule has 0 aliphatic carbocycles. The number of hydrogen-bond donors (Lipinski definition) is 1. The van der Waals surface area contributed by atoms with E-state index in [0.717, 1.165) is 29.0 Å². The van der Waals surface area contributed by atoms with Crippen molar-refractivity contribution in [2.24, 2.45) is 7.05 Å². The van der Waals surface area contributed by atoms with Gasteiger partial charge in [0.25, 0.3) is 0 Å². The largest absolute Gasteiger partial charge is 0.390 e. The van der Waals surface area contributed by atoms with Crippen molar-refractivity contribution in [3.8, 4) is 0 Å². The smallest absolute Gasteiger partial charge is 0.0964 e. The SMILES string of the molecule is Cc1nn(C)c(CC(O)C2CN(C)CCO2)c1Br. The number of aryl methyl sites for hydroxylation is 2. The number of ether oxygens (including phenoxy) is 1. The Kier molecular flexibility index (Phi) is 4.42. The predicted octanol–water partition coefficient (Wildman–Crippen LogP) is 0.725. The topological polar surface area (TPSA) is 50.5 Å². The zero-order valence-corrected chi connectivity index (χ0v) is 12.6. The molecular formula is C12H20BrN3O2. The van der Waals surface area contributed by atoms with E-state index >= 15 is 0 Å². The van der Waals surface area contributed by atoms with Gasteiger partial charge in [-0.2, -0.15) is 5.10 Å². The van der Waals surface area contributed by atoms with Crippen LogP contribution in [-0.4, -0.2) is 58.7 Å². The molecule has 0 spiro atoms. The number of halogens is 1. The minimum Gasteiger partial charge on any atom is -0.390 e. The molecule has 1 saturated heterocycles. The Balaban J connectivity index is 2.04. The summed E-state index contributed by atoms with van der Waals surface area (Å²) in [5.41, 5.74) is 1.96. The van der Waals surface area contributed by atoms with Crippen LogP contribution in [0.2, 0.25) is 0 Å². The van der Waals surface area contributed by atoms with E-state index in [-0.39, 0.29) is 6.10 Å². The van der Waals surface area contributed by atoms with Crippen molar-refractivity contribution in [3.63, 3.8) is 0 Å². The van der Waals surface area contributed by atoms with Gasteiger partial charge in [0.1, 0.15) is 0 Å². The zero-order chi connectivity index (χ0) is 13.3. The second-order valence-corrected chi connectivity index (χ2v) is 5.71. The fraction of sp³-hybridized carbons (Fsp3) is 0.750. The quantitative estimate of drug-likeness (QED) is 0.892. The summed E-state index contributed by atoms with van der Waals surface area (Å²) in [5.74, 6) is 0. The fourth-order valence-corrected chi connectivity index (χ4v) is 2.77. The highest BCUT2D eigenvalue weighted by molar-refractivity contribution is 9.10. The van der Waals surface area contributed by atoms with E-state index in [1.165, 1.54) is 0 Å². The van der Waals surface area contributed by atoms with Crippen molar-refractivity contribution in [2.45, 2.75) is 25.6 Å². The Bertz CT molecular complexity index is 422. The van der Waals surface area contributed by atoms with Crippen LogP contribution in [0, 0.1) is 6.92 Å². The van der Waals surface area contributed by atoms with Gasteiger partial charge in [0, 0.05) is 26.6 Å². The van der Waals surface area contributed by atoms with Gasteiger partial charge in [-0.15, -0.1) is 0 Å². The molecule has 2 atom stereocenters. The first-order chi connectivity index (χ1) is 8.49. The lowest BCUT2D eigenvalue weighted by Gasteiger charge is -2.32. The molecule has 1 aromatic rings. The first kappa shape index (κ1) is 14.0. The van der Waals surface area contributed by atoms with Crippen molar-refractivity contribution < 1.29 is 9.84 Å². The minimum atomic E-state index is -0.501. The second kappa shape index (κ2) is 5.69. The van der Waals surface area contributed by atoms with Crippen LogP contribution in [0.3, 0.4) is 0 Å². The van der Waals surface area contributed by atoms with Crippen molar-refractivity contribution in [3.05, 3.63) is 15.9 Å². The van der Waals surface area contributed by atoms with E-state index in [1.807, 2.05) is 25.7 Å². The lowest BCUT2D eigenvalue weighted by Crippen LogP contribution is -2.46. The van der Waals surface area contributed by atoms with E-state index in [4.69, 9.17) is 4.74 Å². The van der Waals surface area contributed by atoms with Crippen LogP contribution in [0.4, 0.5) is 0 Å². The van der Waals surface area contributed by atoms with Crippen molar-refractivity contribution in [2.75, 3.05) is 26.7 Å². The third-order valence-electron chi connectivity index (χ3n) is 3.39. The van der Waals surface area contributed by atoms with Crippen LogP contribution in [0.25, 0.3) is 0 Å². The highest BCUT2D eigenvalue weighted by Gasteiger charge is 2.27. The molecule has 1 fully saturated rings. The molecule has 1 N–H and O–H groups in total. The molecule has 1 aliphatic heterocycles. The monoisotopic (exact) mass is 317 g/mol. The number of aliphatic hydroxyl groups excluding tert-OH is 1. The van der Waals surface area contributed by atoms with Gasteiger partial charge in [0.15, 0.2) is 0 Å². The lowest BCUT2D eigenvalue weighted by molar-refractivity contribution is -0.0827. The molecule has 102 valence electrons. The third-order valence-corrected chi connectivity index (χ3v) is 4.42. The Morgan fingerprint density at radius 2 is 2.28 bits per heavy atom. The number of aromatic nitrogens is 2. The van der Waals surface area contributed by atoms with Crippen molar-refractivity contribution in [1.82, 2.24) is 14.7 Å². The number of hydrogen-bond acceptors (Lipinski definition) is 4. The predicted molar refractivity (Wildman–Crippen MR) is 72.6 cm³/mol. The van der Waals surface area contributed by atoms with Gasteiger partial charge in [0.05, 0.1) is 34.7 Å². The molecular weight excluding hydrogens is 298 g/mol. The zero-order valence-electron chi connectivity index (χ0n) is 11.1. The van der Waals surface area contributed by atoms with Crippen LogP contribution in [-0.2, 0) is 18.2 Å². The van der Waals surface area contributed by atoms with Gasteiger partial charge in [-0.1, -0.05) is 0 Å². The average Bonchev–Trinajstić information content (AvgIpc) is 2.56. The van der Waals surface area contributed by atoms with Gasteiger partial charge < -0.3 is 14.7 Å². The Labute approximate surface area is 116 Å². The van der Waals surface area contributed by atoms with E-state index in [9.17, 15) is 5.11 Å². The maximum absolute atomic E-state index is 10.3. The number of morpholine rings is 1. The molecule has 1 aromatic heterocycles. The highest BCUT2D eigenvalue weighted by Crippen LogP contribution is 2.23. The Morgan fingerprint density at radius 1 is 1.56 bits per heavy atom. The summed E-state index contributed by atoms with van der Waals surface area (Å²) in [6, 6.07) is 0. The first-order valence-corrected chi connectivity index (χ1v) is 6.94. The molecule has 0 saturated carbocycles. The van der Waals surface area contributed by atoms with Gasteiger partial charge in [0.2, 0.25) is 0 Å². The molecule has 0 bridgehead atoms. The van der Waals surface area contributed by atoms with Crippen LogP contribution >= 0.6 is 15.9 Å². The summed E-state index contributed by atoms with van der Waals surface area (Å²) >= 11 is 3.52.